The zero-order chi connectivity index (χ0) is 15.6. The van der Waals surface area contributed by atoms with E-state index in [1.165, 1.54) is 19.3 Å². The summed E-state index contributed by atoms with van der Waals surface area (Å²) in [6.07, 6.45) is 8.33. The largest absolute Gasteiger partial charge is 0.389 e. The third-order valence-corrected chi connectivity index (χ3v) is 4.58. The van der Waals surface area contributed by atoms with Crippen LogP contribution in [0.15, 0.2) is 0 Å². The first-order valence-corrected chi connectivity index (χ1v) is 8.78. The summed E-state index contributed by atoms with van der Waals surface area (Å²) in [5.41, 5.74) is -0.548. The summed E-state index contributed by atoms with van der Waals surface area (Å²) in [5.74, 6) is 0.615. The molecule has 0 bridgehead atoms. The molecular formula is C17H35NO3. The Morgan fingerprint density at radius 3 is 2.52 bits per heavy atom. The minimum Gasteiger partial charge on any atom is -0.389 e. The van der Waals surface area contributed by atoms with Crippen LogP contribution in [-0.4, -0.2) is 48.2 Å². The standard InChI is InChI=1S/C17H35NO3/c1-3-5-8-15(4-2)12-21-13-16(19)11-18-14-17(20)9-6-7-10-17/h15-16,18-20H,3-14H2,1-2H3. The van der Waals surface area contributed by atoms with Crippen LogP contribution < -0.4 is 5.32 Å². The Balaban J connectivity index is 2.03. The van der Waals surface area contributed by atoms with E-state index < -0.39 is 11.7 Å². The van der Waals surface area contributed by atoms with Crippen LogP contribution in [0.25, 0.3) is 0 Å². The molecule has 0 aliphatic heterocycles. The van der Waals surface area contributed by atoms with Gasteiger partial charge in [-0.3, -0.25) is 0 Å². The van der Waals surface area contributed by atoms with Gasteiger partial charge in [0.2, 0.25) is 0 Å². The average Bonchev–Trinajstić information content (AvgIpc) is 2.89. The second-order valence-corrected chi connectivity index (χ2v) is 6.67. The van der Waals surface area contributed by atoms with Crippen molar-refractivity contribution in [3.8, 4) is 0 Å². The highest BCUT2D eigenvalue weighted by atomic mass is 16.5. The fourth-order valence-corrected chi connectivity index (χ4v) is 3.01. The van der Waals surface area contributed by atoms with Crippen LogP contribution in [0.5, 0.6) is 0 Å². The molecule has 3 N–H and O–H groups in total. The van der Waals surface area contributed by atoms with Gasteiger partial charge in [-0.05, 0) is 25.2 Å². The van der Waals surface area contributed by atoms with Crippen molar-refractivity contribution in [1.29, 1.82) is 0 Å². The molecule has 21 heavy (non-hydrogen) atoms. The Kier molecular flexibility index (Phi) is 9.49. The van der Waals surface area contributed by atoms with E-state index in [-0.39, 0.29) is 0 Å². The van der Waals surface area contributed by atoms with Gasteiger partial charge in [0.15, 0.2) is 0 Å². The van der Waals surface area contributed by atoms with Crippen LogP contribution in [0.2, 0.25) is 0 Å². The fraction of sp³-hybridized carbons (Fsp3) is 1.00. The van der Waals surface area contributed by atoms with Gasteiger partial charge in [-0.15, -0.1) is 0 Å². The molecule has 4 nitrogen and oxygen atoms in total. The summed E-state index contributed by atoms with van der Waals surface area (Å²) in [7, 11) is 0. The van der Waals surface area contributed by atoms with E-state index in [1.54, 1.807) is 0 Å². The lowest BCUT2D eigenvalue weighted by molar-refractivity contribution is 0.0117. The third kappa shape index (κ3) is 8.15. The number of rotatable bonds is 12. The predicted octanol–water partition coefficient (Wildman–Crippen LogP) is 2.47. The minimum atomic E-state index is -0.548. The quantitative estimate of drug-likeness (QED) is 0.518. The highest BCUT2D eigenvalue weighted by molar-refractivity contribution is 4.86. The van der Waals surface area contributed by atoms with Crippen LogP contribution in [0, 0.1) is 5.92 Å². The Labute approximate surface area is 130 Å². The van der Waals surface area contributed by atoms with Crippen molar-refractivity contribution in [2.24, 2.45) is 5.92 Å². The van der Waals surface area contributed by atoms with Gasteiger partial charge in [-0.2, -0.15) is 0 Å². The molecule has 126 valence electrons. The molecule has 1 rings (SSSR count). The van der Waals surface area contributed by atoms with E-state index in [0.717, 1.165) is 38.7 Å². The zero-order valence-corrected chi connectivity index (χ0v) is 13.9. The van der Waals surface area contributed by atoms with Gasteiger partial charge in [-0.1, -0.05) is 46.0 Å². The maximum atomic E-state index is 10.2. The van der Waals surface area contributed by atoms with E-state index in [2.05, 4.69) is 19.2 Å². The Morgan fingerprint density at radius 2 is 1.90 bits per heavy atom. The van der Waals surface area contributed by atoms with Gasteiger partial charge < -0.3 is 20.3 Å². The van der Waals surface area contributed by atoms with Crippen LogP contribution in [-0.2, 0) is 4.74 Å². The van der Waals surface area contributed by atoms with Crippen molar-refractivity contribution >= 4 is 0 Å². The molecule has 1 saturated carbocycles. The normalized spacial score (nSPS) is 20.6. The van der Waals surface area contributed by atoms with Crippen LogP contribution in [0.4, 0.5) is 0 Å². The molecule has 0 heterocycles. The topological polar surface area (TPSA) is 61.7 Å². The molecule has 2 atom stereocenters. The molecule has 0 aromatic rings. The minimum absolute atomic E-state index is 0.383. The summed E-state index contributed by atoms with van der Waals surface area (Å²) < 4.78 is 5.64. The van der Waals surface area contributed by atoms with Gasteiger partial charge in [-0.25, -0.2) is 0 Å². The van der Waals surface area contributed by atoms with Crippen molar-refractivity contribution in [2.75, 3.05) is 26.3 Å². The monoisotopic (exact) mass is 301 g/mol. The molecule has 0 saturated heterocycles. The van der Waals surface area contributed by atoms with Gasteiger partial charge >= 0.3 is 0 Å². The molecule has 1 aliphatic carbocycles. The molecular weight excluding hydrogens is 266 g/mol. The van der Waals surface area contributed by atoms with Crippen molar-refractivity contribution < 1.29 is 14.9 Å². The number of aliphatic hydroxyl groups excluding tert-OH is 1. The van der Waals surface area contributed by atoms with Crippen molar-refractivity contribution in [3.05, 3.63) is 0 Å². The van der Waals surface area contributed by atoms with Crippen molar-refractivity contribution in [3.63, 3.8) is 0 Å². The van der Waals surface area contributed by atoms with E-state index in [1.807, 2.05) is 0 Å². The molecule has 0 radical (unpaired) electrons. The van der Waals surface area contributed by atoms with Crippen molar-refractivity contribution in [2.45, 2.75) is 76.9 Å². The van der Waals surface area contributed by atoms with E-state index in [4.69, 9.17) is 4.74 Å². The van der Waals surface area contributed by atoms with Gasteiger partial charge in [0.05, 0.1) is 18.3 Å². The number of hydrogen-bond acceptors (Lipinski definition) is 4. The van der Waals surface area contributed by atoms with Crippen LogP contribution in [0.3, 0.4) is 0 Å². The SMILES string of the molecule is CCCCC(CC)COCC(O)CNCC1(O)CCCC1. The lowest BCUT2D eigenvalue weighted by atomic mass is 10.0. The first-order valence-electron chi connectivity index (χ1n) is 8.78. The smallest absolute Gasteiger partial charge is 0.0897 e. The molecule has 2 unspecified atom stereocenters. The summed E-state index contributed by atoms with van der Waals surface area (Å²) >= 11 is 0. The first kappa shape index (κ1) is 18.9. The van der Waals surface area contributed by atoms with E-state index in [9.17, 15) is 10.2 Å². The maximum Gasteiger partial charge on any atom is 0.0897 e. The lowest BCUT2D eigenvalue weighted by Crippen LogP contribution is -2.41. The summed E-state index contributed by atoms with van der Waals surface area (Å²) in [6, 6.07) is 0. The molecule has 1 aliphatic rings. The van der Waals surface area contributed by atoms with Gasteiger partial charge in [0.25, 0.3) is 0 Å². The van der Waals surface area contributed by atoms with E-state index in [0.29, 0.717) is 25.6 Å². The number of nitrogens with one attached hydrogen (secondary N) is 1. The summed E-state index contributed by atoms with van der Waals surface area (Å²) in [5, 5.41) is 23.3. The second kappa shape index (κ2) is 10.5. The number of aliphatic hydroxyl groups is 2. The predicted molar refractivity (Wildman–Crippen MR) is 86.4 cm³/mol. The molecule has 0 amide bonds. The fourth-order valence-electron chi connectivity index (χ4n) is 3.01. The highest BCUT2D eigenvalue weighted by Crippen LogP contribution is 2.28. The van der Waals surface area contributed by atoms with Crippen LogP contribution >= 0.6 is 0 Å². The Bertz CT molecular complexity index is 254. The third-order valence-electron chi connectivity index (χ3n) is 4.58. The van der Waals surface area contributed by atoms with Crippen molar-refractivity contribution in [1.82, 2.24) is 5.32 Å². The van der Waals surface area contributed by atoms with Crippen LogP contribution in [0.1, 0.15) is 65.2 Å². The molecule has 1 fully saturated rings. The molecule has 0 spiro atoms. The molecule has 0 aromatic heterocycles. The van der Waals surface area contributed by atoms with Gasteiger partial charge in [0.1, 0.15) is 0 Å². The first-order chi connectivity index (χ1) is 10.1. The Hall–Kier alpha value is -0.160. The maximum absolute atomic E-state index is 10.2. The van der Waals surface area contributed by atoms with E-state index >= 15 is 0 Å². The highest BCUT2D eigenvalue weighted by Gasteiger charge is 2.30. The lowest BCUT2D eigenvalue weighted by Gasteiger charge is -2.23. The Morgan fingerprint density at radius 1 is 1.19 bits per heavy atom. The molecule has 4 heteroatoms. The molecule has 0 aromatic carbocycles. The number of hydrogen-bond donors (Lipinski definition) is 3. The number of ether oxygens (including phenoxy) is 1. The summed E-state index contributed by atoms with van der Waals surface area (Å²) in [6.45, 7) is 6.61. The average molecular weight is 301 g/mol. The number of unbranched alkanes of at least 4 members (excludes halogenated alkanes) is 1. The van der Waals surface area contributed by atoms with Gasteiger partial charge in [0, 0.05) is 19.7 Å². The second-order valence-electron chi connectivity index (χ2n) is 6.67. The summed E-state index contributed by atoms with van der Waals surface area (Å²) in [4.78, 5) is 0. The zero-order valence-electron chi connectivity index (χ0n) is 13.9.